The van der Waals surface area contributed by atoms with Crippen LogP contribution in [0.2, 0.25) is 0 Å². The Labute approximate surface area is 105 Å². The van der Waals surface area contributed by atoms with Gasteiger partial charge in [0.15, 0.2) is 0 Å². The Morgan fingerprint density at radius 2 is 2.35 bits per heavy atom. The number of carbonyl (C=O) groups is 1. The molecule has 0 aromatic heterocycles. The third kappa shape index (κ3) is 5.87. The van der Waals surface area contributed by atoms with Crippen LogP contribution in [0.4, 0.5) is 0 Å². The molecule has 3 heteroatoms. The lowest BCUT2D eigenvalue weighted by atomic mass is 9.97. The Morgan fingerprint density at radius 3 is 3.00 bits per heavy atom. The summed E-state index contributed by atoms with van der Waals surface area (Å²) in [5, 5.41) is 2.93. The summed E-state index contributed by atoms with van der Waals surface area (Å²) in [4.78, 5) is 11.6. The number of allylic oxidation sites excluding steroid dienone is 1. The minimum Gasteiger partial charge on any atom is -0.354 e. The van der Waals surface area contributed by atoms with Crippen molar-refractivity contribution in [1.82, 2.24) is 5.32 Å². The first-order valence-electron chi connectivity index (χ1n) is 6.95. The normalized spacial score (nSPS) is 17.4. The second kappa shape index (κ2) is 8.29. The molecule has 0 fully saturated rings. The average Bonchev–Trinajstić information content (AvgIpc) is 2.37. The summed E-state index contributed by atoms with van der Waals surface area (Å²) in [7, 11) is 0. The van der Waals surface area contributed by atoms with E-state index in [-0.39, 0.29) is 11.9 Å². The van der Waals surface area contributed by atoms with E-state index in [4.69, 9.17) is 5.73 Å². The Balaban J connectivity index is 2.12. The highest BCUT2D eigenvalue weighted by atomic mass is 16.2. The molecule has 0 saturated heterocycles. The fraction of sp³-hybridized carbons (Fsp3) is 0.786. The molecule has 0 radical (unpaired) electrons. The number of carbonyl (C=O) groups excluding carboxylic acids is 1. The van der Waals surface area contributed by atoms with Crippen LogP contribution in [-0.4, -0.2) is 18.5 Å². The third-order valence-electron chi connectivity index (χ3n) is 3.34. The van der Waals surface area contributed by atoms with Crippen molar-refractivity contribution in [3.63, 3.8) is 0 Å². The molecule has 0 saturated carbocycles. The molecular formula is C14H26N2O. The standard InChI is InChI=1S/C14H26N2O/c1-2-3-9-13(15)14(17)16-11-10-12-7-5-4-6-8-12/h7,13H,2-6,8-11,15H2,1H3,(H,16,17). The van der Waals surface area contributed by atoms with Gasteiger partial charge in [-0.2, -0.15) is 0 Å². The first kappa shape index (κ1) is 14.2. The predicted octanol–water partition coefficient (Wildman–Crippen LogP) is 2.51. The second-order valence-electron chi connectivity index (χ2n) is 4.90. The topological polar surface area (TPSA) is 55.1 Å². The van der Waals surface area contributed by atoms with Gasteiger partial charge in [0, 0.05) is 6.54 Å². The predicted molar refractivity (Wildman–Crippen MR) is 71.7 cm³/mol. The second-order valence-corrected chi connectivity index (χ2v) is 4.90. The van der Waals surface area contributed by atoms with Crippen LogP contribution >= 0.6 is 0 Å². The van der Waals surface area contributed by atoms with Crippen molar-refractivity contribution >= 4 is 5.91 Å². The molecule has 1 atom stereocenters. The fourth-order valence-electron chi connectivity index (χ4n) is 2.16. The van der Waals surface area contributed by atoms with Crippen LogP contribution in [0.15, 0.2) is 11.6 Å². The summed E-state index contributed by atoms with van der Waals surface area (Å²) in [5.41, 5.74) is 7.29. The van der Waals surface area contributed by atoms with Gasteiger partial charge in [0.2, 0.25) is 5.91 Å². The van der Waals surface area contributed by atoms with E-state index in [0.29, 0.717) is 0 Å². The lowest BCUT2D eigenvalue weighted by Crippen LogP contribution is -2.40. The molecule has 0 aliphatic heterocycles. The molecule has 1 aliphatic carbocycles. The quantitative estimate of drug-likeness (QED) is 0.670. The molecule has 0 bridgehead atoms. The molecule has 98 valence electrons. The number of hydrogen-bond donors (Lipinski definition) is 2. The molecule has 3 nitrogen and oxygen atoms in total. The van der Waals surface area contributed by atoms with E-state index in [1.165, 1.54) is 31.3 Å². The molecule has 1 aliphatic rings. The van der Waals surface area contributed by atoms with Crippen molar-refractivity contribution in [2.45, 2.75) is 64.3 Å². The van der Waals surface area contributed by atoms with Gasteiger partial charge in [0.05, 0.1) is 6.04 Å². The van der Waals surface area contributed by atoms with Gasteiger partial charge in [-0.3, -0.25) is 4.79 Å². The molecular weight excluding hydrogens is 212 g/mol. The van der Waals surface area contributed by atoms with Crippen LogP contribution in [0.1, 0.15) is 58.3 Å². The molecule has 1 rings (SSSR count). The van der Waals surface area contributed by atoms with Crippen LogP contribution in [-0.2, 0) is 4.79 Å². The van der Waals surface area contributed by atoms with Crippen molar-refractivity contribution in [1.29, 1.82) is 0 Å². The first-order valence-corrected chi connectivity index (χ1v) is 6.95. The van der Waals surface area contributed by atoms with Gasteiger partial charge in [0.25, 0.3) is 0 Å². The van der Waals surface area contributed by atoms with E-state index in [1.54, 1.807) is 0 Å². The van der Waals surface area contributed by atoms with Crippen LogP contribution in [0, 0.1) is 0 Å². The molecule has 0 aromatic carbocycles. The Kier molecular flexibility index (Phi) is 6.94. The van der Waals surface area contributed by atoms with Crippen LogP contribution in [0.3, 0.4) is 0 Å². The highest BCUT2D eigenvalue weighted by Gasteiger charge is 2.12. The van der Waals surface area contributed by atoms with Gasteiger partial charge in [0.1, 0.15) is 0 Å². The van der Waals surface area contributed by atoms with E-state index in [9.17, 15) is 4.79 Å². The largest absolute Gasteiger partial charge is 0.354 e. The fourth-order valence-corrected chi connectivity index (χ4v) is 2.16. The van der Waals surface area contributed by atoms with Crippen LogP contribution in [0.5, 0.6) is 0 Å². The summed E-state index contributed by atoms with van der Waals surface area (Å²) in [6.07, 6.45) is 11.3. The Bertz CT molecular complexity index is 261. The van der Waals surface area contributed by atoms with Crippen molar-refractivity contribution < 1.29 is 4.79 Å². The van der Waals surface area contributed by atoms with Crippen molar-refractivity contribution in [3.8, 4) is 0 Å². The number of rotatable bonds is 7. The number of amides is 1. The summed E-state index contributed by atoms with van der Waals surface area (Å²) in [6, 6.07) is -0.324. The van der Waals surface area contributed by atoms with Crippen molar-refractivity contribution in [3.05, 3.63) is 11.6 Å². The lowest BCUT2D eigenvalue weighted by molar-refractivity contribution is -0.122. The van der Waals surface area contributed by atoms with Gasteiger partial charge < -0.3 is 11.1 Å². The zero-order valence-electron chi connectivity index (χ0n) is 11.0. The van der Waals surface area contributed by atoms with Crippen molar-refractivity contribution in [2.24, 2.45) is 5.73 Å². The van der Waals surface area contributed by atoms with Gasteiger partial charge >= 0.3 is 0 Å². The first-order chi connectivity index (χ1) is 8.24. The van der Waals surface area contributed by atoms with Crippen LogP contribution in [0.25, 0.3) is 0 Å². The highest BCUT2D eigenvalue weighted by molar-refractivity contribution is 5.81. The zero-order valence-corrected chi connectivity index (χ0v) is 11.0. The van der Waals surface area contributed by atoms with E-state index in [1.807, 2.05) is 0 Å². The van der Waals surface area contributed by atoms with Gasteiger partial charge in [-0.15, -0.1) is 0 Å². The van der Waals surface area contributed by atoms with E-state index >= 15 is 0 Å². The highest BCUT2D eigenvalue weighted by Crippen LogP contribution is 2.19. The smallest absolute Gasteiger partial charge is 0.236 e. The molecule has 1 unspecified atom stereocenters. The molecule has 0 aromatic rings. The summed E-state index contributed by atoms with van der Waals surface area (Å²) in [6.45, 7) is 2.85. The van der Waals surface area contributed by atoms with E-state index < -0.39 is 0 Å². The lowest BCUT2D eigenvalue weighted by Gasteiger charge is -2.14. The molecule has 17 heavy (non-hydrogen) atoms. The molecule has 0 heterocycles. The third-order valence-corrected chi connectivity index (χ3v) is 3.34. The number of nitrogens with one attached hydrogen (secondary N) is 1. The van der Waals surface area contributed by atoms with E-state index in [2.05, 4.69) is 18.3 Å². The molecule has 0 spiro atoms. The number of nitrogens with two attached hydrogens (primary N) is 1. The minimum atomic E-state index is -0.324. The Morgan fingerprint density at radius 1 is 1.53 bits per heavy atom. The monoisotopic (exact) mass is 238 g/mol. The minimum absolute atomic E-state index is 0.00913. The SMILES string of the molecule is CCCCC(N)C(=O)NCCC1=CCCCC1. The van der Waals surface area contributed by atoms with E-state index in [0.717, 1.165) is 32.2 Å². The average molecular weight is 238 g/mol. The van der Waals surface area contributed by atoms with Crippen LogP contribution < -0.4 is 11.1 Å². The molecule has 1 amide bonds. The maximum Gasteiger partial charge on any atom is 0.236 e. The van der Waals surface area contributed by atoms with Gasteiger partial charge in [-0.25, -0.2) is 0 Å². The number of unbranched alkanes of at least 4 members (excludes halogenated alkanes) is 1. The maximum absolute atomic E-state index is 11.6. The van der Waals surface area contributed by atoms with Gasteiger partial charge in [-0.1, -0.05) is 31.4 Å². The summed E-state index contributed by atoms with van der Waals surface area (Å²) >= 11 is 0. The molecule has 3 N–H and O–H groups in total. The van der Waals surface area contributed by atoms with Gasteiger partial charge in [-0.05, 0) is 38.5 Å². The van der Waals surface area contributed by atoms with Crippen molar-refractivity contribution in [2.75, 3.05) is 6.54 Å². The number of hydrogen-bond acceptors (Lipinski definition) is 2. The zero-order chi connectivity index (χ0) is 12.5. The Hall–Kier alpha value is -0.830. The maximum atomic E-state index is 11.6. The summed E-state index contributed by atoms with van der Waals surface area (Å²) in [5.74, 6) is 0.00913. The summed E-state index contributed by atoms with van der Waals surface area (Å²) < 4.78 is 0.